The Bertz CT molecular complexity index is 733. The van der Waals surface area contributed by atoms with Crippen LogP contribution in [0.4, 0.5) is 4.39 Å². The summed E-state index contributed by atoms with van der Waals surface area (Å²) in [5.74, 6) is 1.02. The maximum Gasteiger partial charge on any atom is 0.164 e. The second-order valence-corrected chi connectivity index (χ2v) is 5.92. The molecule has 26 heavy (non-hydrogen) atoms. The first-order valence-electron chi connectivity index (χ1n) is 8.59. The summed E-state index contributed by atoms with van der Waals surface area (Å²) >= 11 is 0. The highest BCUT2D eigenvalue weighted by Gasteiger charge is 2.14. The summed E-state index contributed by atoms with van der Waals surface area (Å²) < 4.78 is 24.5. The van der Waals surface area contributed by atoms with Crippen molar-refractivity contribution in [1.29, 1.82) is 0 Å². The number of ether oxygens (including phenoxy) is 2. The van der Waals surface area contributed by atoms with Gasteiger partial charge < -0.3 is 19.9 Å². The lowest BCUT2D eigenvalue weighted by Gasteiger charge is -2.17. The fourth-order valence-electron chi connectivity index (χ4n) is 2.95. The molecule has 0 saturated carbocycles. The number of methoxy groups -OCH3 is 2. The van der Waals surface area contributed by atoms with E-state index in [-0.39, 0.29) is 6.54 Å². The molecule has 0 saturated heterocycles. The smallest absolute Gasteiger partial charge is 0.164 e. The van der Waals surface area contributed by atoms with E-state index in [9.17, 15) is 9.50 Å². The minimum absolute atomic E-state index is 0.283. The molecular formula is C21H26FNO3. The Labute approximate surface area is 154 Å². The van der Waals surface area contributed by atoms with Gasteiger partial charge in [-0.05, 0) is 37.1 Å². The van der Waals surface area contributed by atoms with Crippen molar-refractivity contribution in [2.75, 3.05) is 27.3 Å². The first-order chi connectivity index (χ1) is 12.6. The number of rotatable bonds is 10. The number of hydrogen-bond acceptors (Lipinski definition) is 4. The van der Waals surface area contributed by atoms with Gasteiger partial charge in [-0.3, -0.25) is 0 Å². The van der Waals surface area contributed by atoms with Gasteiger partial charge in [0, 0.05) is 17.7 Å². The summed E-state index contributed by atoms with van der Waals surface area (Å²) in [6.45, 7) is 4.74. The molecule has 5 heteroatoms. The van der Waals surface area contributed by atoms with Crippen molar-refractivity contribution in [1.82, 2.24) is 5.32 Å². The average Bonchev–Trinajstić information content (AvgIpc) is 2.66. The van der Waals surface area contributed by atoms with Crippen molar-refractivity contribution in [2.24, 2.45) is 0 Å². The van der Waals surface area contributed by atoms with Crippen LogP contribution in [-0.4, -0.2) is 32.4 Å². The van der Waals surface area contributed by atoms with Crippen LogP contribution in [0.3, 0.4) is 0 Å². The molecule has 0 aromatic heterocycles. The molecule has 0 aliphatic carbocycles. The first-order valence-corrected chi connectivity index (χ1v) is 8.59. The monoisotopic (exact) mass is 359 g/mol. The predicted octanol–water partition coefficient (Wildman–Crippen LogP) is 3.44. The maximum absolute atomic E-state index is 13.7. The number of allylic oxidation sites excluding steroid dienone is 1. The van der Waals surface area contributed by atoms with Crippen LogP contribution in [0.2, 0.25) is 0 Å². The van der Waals surface area contributed by atoms with Crippen LogP contribution in [0, 0.1) is 5.82 Å². The molecule has 2 rings (SSSR count). The zero-order valence-electron chi connectivity index (χ0n) is 15.3. The molecule has 1 atom stereocenters. The van der Waals surface area contributed by atoms with Crippen molar-refractivity contribution in [3.05, 3.63) is 71.6 Å². The Hall–Kier alpha value is -2.37. The molecule has 0 fully saturated rings. The van der Waals surface area contributed by atoms with Gasteiger partial charge in [0.25, 0.3) is 0 Å². The van der Waals surface area contributed by atoms with Gasteiger partial charge in [-0.15, -0.1) is 6.58 Å². The molecule has 2 N–H and O–H groups in total. The van der Waals surface area contributed by atoms with Crippen LogP contribution >= 0.6 is 0 Å². The molecule has 0 bridgehead atoms. The van der Waals surface area contributed by atoms with Crippen molar-refractivity contribution < 1.29 is 19.0 Å². The quantitative estimate of drug-likeness (QED) is 0.504. The van der Waals surface area contributed by atoms with Crippen molar-refractivity contribution in [3.8, 4) is 11.5 Å². The molecule has 0 amide bonds. The van der Waals surface area contributed by atoms with Gasteiger partial charge in [0.1, 0.15) is 5.82 Å². The van der Waals surface area contributed by atoms with E-state index in [4.69, 9.17) is 9.47 Å². The predicted molar refractivity (Wildman–Crippen MR) is 101 cm³/mol. The average molecular weight is 359 g/mol. The van der Waals surface area contributed by atoms with Gasteiger partial charge in [-0.1, -0.05) is 30.3 Å². The lowest BCUT2D eigenvalue weighted by atomic mass is 9.99. The molecule has 4 nitrogen and oxygen atoms in total. The first kappa shape index (κ1) is 19.9. The van der Waals surface area contributed by atoms with Crippen LogP contribution in [-0.2, 0) is 12.8 Å². The van der Waals surface area contributed by atoms with Crippen LogP contribution in [0.15, 0.2) is 49.1 Å². The van der Waals surface area contributed by atoms with E-state index >= 15 is 0 Å². The maximum atomic E-state index is 13.7. The zero-order valence-corrected chi connectivity index (χ0v) is 15.3. The number of benzene rings is 2. The number of halogens is 1. The second-order valence-electron chi connectivity index (χ2n) is 5.92. The van der Waals surface area contributed by atoms with Gasteiger partial charge in [0.2, 0.25) is 0 Å². The van der Waals surface area contributed by atoms with Crippen molar-refractivity contribution in [3.63, 3.8) is 0 Å². The van der Waals surface area contributed by atoms with Crippen LogP contribution in [0.25, 0.3) is 0 Å². The van der Waals surface area contributed by atoms with E-state index in [1.54, 1.807) is 32.4 Å². The normalized spacial score (nSPS) is 11.8. The topological polar surface area (TPSA) is 50.7 Å². The Morgan fingerprint density at radius 1 is 1.19 bits per heavy atom. The molecule has 0 spiro atoms. The van der Waals surface area contributed by atoms with E-state index < -0.39 is 11.9 Å². The van der Waals surface area contributed by atoms with E-state index in [2.05, 4.69) is 11.9 Å². The lowest BCUT2D eigenvalue weighted by Crippen LogP contribution is -2.24. The van der Waals surface area contributed by atoms with E-state index in [0.29, 0.717) is 24.3 Å². The highest BCUT2D eigenvalue weighted by atomic mass is 19.1. The van der Waals surface area contributed by atoms with Gasteiger partial charge in [0.15, 0.2) is 11.5 Å². The fraction of sp³-hybridized carbons (Fsp3) is 0.333. The molecular weight excluding hydrogens is 333 g/mol. The Morgan fingerprint density at radius 2 is 1.96 bits per heavy atom. The molecule has 0 aliphatic heterocycles. The van der Waals surface area contributed by atoms with Crippen LogP contribution in [0.5, 0.6) is 11.5 Å². The second kappa shape index (κ2) is 9.94. The van der Waals surface area contributed by atoms with E-state index in [1.165, 1.54) is 6.07 Å². The van der Waals surface area contributed by atoms with Gasteiger partial charge in [-0.2, -0.15) is 0 Å². The largest absolute Gasteiger partial charge is 0.493 e. The SMILES string of the molecule is C=CCc1c(CCNCC(O)c2ccccc2F)ccc(OC)c1OC. The minimum Gasteiger partial charge on any atom is -0.493 e. The highest BCUT2D eigenvalue weighted by Crippen LogP contribution is 2.34. The summed E-state index contributed by atoms with van der Waals surface area (Å²) in [6.07, 6.45) is 2.37. The van der Waals surface area contributed by atoms with Crippen molar-refractivity contribution >= 4 is 0 Å². The molecule has 0 heterocycles. The summed E-state index contributed by atoms with van der Waals surface area (Å²) in [5, 5.41) is 13.3. The third-order valence-electron chi connectivity index (χ3n) is 4.27. The minimum atomic E-state index is -0.880. The molecule has 2 aromatic rings. The third-order valence-corrected chi connectivity index (χ3v) is 4.27. The molecule has 2 aromatic carbocycles. The number of hydrogen-bond donors (Lipinski definition) is 2. The van der Waals surface area contributed by atoms with Crippen LogP contribution in [0.1, 0.15) is 22.8 Å². The zero-order chi connectivity index (χ0) is 18.9. The standard InChI is InChI=1S/C21H26FNO3/c1-4-7-16-15(10-11-20(25-2)21(16)26-3)12-13-23-14-19(24)17-8-5-6-9-18(17)22/h4-6,8-11,19,23-24H,1,7,12-14H2,2-3H3. The van der Waals surface area contributed by atoms with Gasteiger partial charge in [-0.25, -0.2) is 4.39 Å². The van der Waals surface area contributed by atoms with E-state index in [1.807, 2.05) is 18.2 Å². The third kappa shape index (κ3) is 4.84. The molecule has 0 aliphatic rings. The van der Waals surface area contributed by atoms with Gasteiger partial charge >= 0.3 is 0 Å². The van der Waals surface area contributed by atoms with Crippen LogP contribution < -0.4 is 14.8 Å². The molecule has 1 unspecified atom stereocenters. The number of aliphatic hydroxyl groups is 1. The Kier molecular flexibility index (Phi) is 7.63. The summed E-state index contributed by atoms with van der Waals surface area (Å²) in [5.41, 5.74) is 2.46. The Morgan fingerprint density at radius 3 is 2.62 bits per heavy atom. The molecule has 0 radical (unpaired) electrons. The number of nitrogens with one attached hydrogen (secondary N) is 1. The van der Waals surface area contributed by atoms with Crippen molar-refractivity contribution in [2.45, 2.75) is 18.9 Å². The molecule has 140 valence electrons. The lowest BCUT2D eigenvalue weighted by molar-refractivity contribution is 0.170. The Balaban J connectivity index is 1.99. The summed E-state index contributed by atoms with van der Waals surface area (Å²) in [7, 11) is 3.23. The summed E-state index contributed by atoms with van der Waals surface area (Å²) in [6, 6.07) is 10.2. The van der Waals surface area contributed by atoms with Gasteiger partial charge in [0.05, 0.1) is 20.3 Å². The highest BCUT2D eigenvalue weighted by molar-refractivity contribution is 5.51. The number of aliphatic hydroxyl groups excluding tert-OH is 1. The van der Waals surface area contributed by atoms with E-state index in [0.717, 1.165) is 23.3 Å². The summed E-state index contributed by atoms with van der Waals surface area (Å²) in [4.78, 5) is 0. The fourth-order valence-corrected chi connectivity index (χ4v) is 2.95.